The van der Waals surface area contributed by atoms with E-state index >= 15 is 0 Å². The minimum absolute atomic E-state index is 0.0361. The number of hydrogen-bond acceptors (Lipinski definition) is 3. The van der Waals surface area contributed by atoms with Crippen LogP contribution in [0.15, 0.2) is 18.2 Å². The van der Waals surface area contributed by atoms with E-state index < -0.39 is 0 Å². The molecule has 0 aromatic heterocycles. The minimum Gasteiger partial charge on any atom is -0.489 e. The van der Waals surface area contributed by atoms with Crippen LogP contribution in [0.25, 0.3) is 0 Å². The first-order valence-corrected chi connectivity index (χ1v) is 5.79. The summed E-state index contributed by atoms with van der Waals surface area (Å²) in [6.45, 7) is 5.87. The molecule has 1 atom stereocenters. The summed E-state index contributed by atoms with van der Waals surface area (Å²) < 4.78 is 19.0. The van der Waals surface area contributed by atoms with Gasteiger partial charge in [-0.3, -0.25) is 0 Å². The molecular weight excluding hydrogens is 221 g/mol. The predicted octanol–water partition coefficient (Wildman–Crippen LogP) is 1.87. The second kappa shape index (κ2) is 6.57. The summed E-state index contributed by atoms with van der Waals surface area (Å²) >= 11 is 0. The highest BCUT2D eigenvalue weighted by Crippen LogP contribution is 2.19. The van der Waals surface area contributed by atoms with Crippen LogP contribution in [0.5, 0.6) is 5.75 Å². The van der Waals surface area contributed by atoms with Gasteiger partial charge < -0.3 is 15.2 Å². The predicted molar refractivity (Wildman–Crippen MR) is 65.8 cm³/mol. The van der Waals surface area contributed by atoms with Crippen LogP contribution in [-0.4, -0.2) is 30.4 Å². The van der Waals surface area contributed by atoms with E-state index in [1.54, 1.807) is 25.1 Å². The molecule has 0 aliphatic heterocycles. The Kier molecular flexibility index (Phi) is 5.38. The van der Waals surface area contributed by atoms with Crippen LogP contribution in [0.4, 0.5) is 4.39 Å². The van der Waals surface area contributed by atoms with Crippen molar-refractivity contribution < 1.29 is 14.2 Å². The van der Waals surface area contributed by atoms with E-state index in [9.17, 15) is 4.39 Å². The molecule has 0 heterocycles. The molecule has 1 unspecified atom stereocenters. The van der Waals surface area contributed by atoms with Crippen molar-refractivity contribution in [2.45, 2.75) is 32.9 Å². The van der Waals surface area contributed by atoms with Gasteiger partial charge in [0.1, 0.15) is 6.61 Å². The van der Waals surface area contributed by atoms with Crippen molar-refractivity contribution in [3.8, 4) is 5.75 Å². The molecule has 0 spiro atoms. The number of ether oxygens (including phenoxy) is 1. The van der Waals surface area contributed by atoms with Crippen molar-refractivity contribution in [2.24, 2.45) is 0 Å². The molecule has 0 radical (unpaired) electrons. The van der Waals surface area contributed by atoms with E-state index in [1.165, 1.54) is 0 Å². The quantitative estimate of drug-likeness (QED) is 0.799. The van der Waals surface area contributed by atoms with E-state index in [4.69, 9.17) is 9.84 Å². The Morgan fingerprint density at radius 2 is 2.12 bits per heavy atom. The first-order valence-electron chi connectivity index (χ1n) is 5.79. The highest BCUT2D eigenvalue weighted by molar-refractivity contribution is 5.30. The molecule has 0 bridgehead atoms. The zero-order valence-corrected chi connectivity index (χ0v) is 10.5. The number of aryl methyl sites for hydroxylation is 1. The molecule has 2 N–H and O–H groups in total. The Labute approximate surface area is 102 Å². The maximum Gasteiger partial charge on any atom is 0.167 e. The van der Waals surface area contributed by atoms with E-state index in [1.807, 2.05) is 13.8 Å². The molecule has 3 nitrogen and oxygen atoms in total. The maximum atomic E-state index is 13.6. The maximum absolute atomic E-state index is 13.6. The second-order valence-corrected chi connectivity index (χ2v) is 4.40. The van der Waals surface area contributed by atoms with Crippen LogP contribution in [0.3, 0.4) is 0 Å². The van der Waals surface area contributed by atoms with Crippen molar-refractivity contribution in [3.63, 3.8) is 0 Å². The van der Waals surface area contributed by atoms with Gasteiger partial charge in [0.2, 0.25) is 0 Å². The highest BCUT2D eigenvalue weighted by atomic mass is 19.1. The monoisotopic (exact) mass is 241 g/mol. The van der Waals surface area contributed by atoms with E-state index in [0.717, 1.165) is 0 Å². The molecule has 0 fully saturated rings. The van der Waals surface area contributed by atoms with Crippen LogP contribution >= 0.6 is 0 Å². The van der Waals surface area contributed by atoms with Crippen molar-refractivity contribution >= 4 is 0 Å². The topological polar surface area (TPSA) is 41.5 Å². The van der Waals surface area contributed by atoms with Gasteiger partial charge in [0.15, 0.2) is 11.6 Å². The number of hydrogen-bond donors (Lipinski definition) is 2. The number of nitrogens with one attached hydrogen (secondary N) is 1. The van der Waals surface area contributed by atoms with Gasteiger partial charge in [0.05, 0.1) is 12.6 Å². The van der Waals surface area contributed by atoms with Gasteiger partial charge in [-0.05, 0) is 18.6 Å². The van der Waals surface area contributed by atoms with Gasteiger partial charge in [-0.15, -0.1) is 0 Å². The molecule has 0 saturated carbocycles. The van der Waals surface area contributed by atoms with Gasteiger partial charge in [0.25, 0.3) is 0 Å². The summed E-state index contributed by atoms with van der Waals surface area (Å²) in [4.78, 5) is 0. The Bertz CT molecular complexity index is 355. The highest BCUT2D eigenvalue weighted by Gasteiger charge is 2.11. The number of rotatable bonds is 6. The van der Waals surface area contributed by atoms with Gasteiger partial charge >= 0.3 is 0 Å². The Morgan fingerprint density at radius 1 is 1.41 bits per heavy atom. The summed E-state index contributed by atoms with van der Waals surface area (Å²) in [5.41, 5.74) is 0.555. The summed E-state index contributed by atoms with van der Waals surface area (Å²) in [6.07, 6.45) is 0. The van der Waals surface area contributed by atoms with E-state index in [2.05, 4.69) is 5.32 Å². The fourth-order valence-corrected chi connectivity index (χ4v) is 1.55. The first kappa shape index (κ1) is 13.9. The molecule has 0 amide bonds. The second-order valence-electron chi connectivity index (χ2n) is 4.40. The number of aliphatic hydroxyl groups is 1. The van der Waals surface area contributed by atoms with Crippen LogP contribution in [0, 0.1) is 12.7 Å². The zero-order valence-electron chi connectivity index (χ0n) is 10.5. The van der Waals surface area contributed by atoms with Crippen molar-refractivity contribution in [1.29, 1.82) is 0 Å². The molecule has 0 aliphatic carbocycles. The fraction of sp³-hybridized carbons (Fsp3) is 0.538. The lowest BCUT2D eigenvalue weighted by Crippen LogP contribution is -2.41. The van der Waals surface area contributed by atoms with Crippen LogP contribution in [-0.2, 0) is 0 Å². The fourth-order valence-electron chi connectivity index (χ4n) is 1.55. The Morgan fingerprint density at radius 3 is 2.71 bits per heavy atom. The number of benzene rings is 1. The molecule has 1 aromatic carbocycles. The molecular formula is C13H20FNO2. The SMILES string of the molecule is Cc1cccc(OCC(CO)NC(C)C)c1F. The van der Waals surface area contributed by atoms with Crippen molar-refractivity contribution in [3.05, 3.63) is 29.6 Å². The zero-order chi connectivity index (χ0) is 12.8. The summed E-state index contributed by atoms with van der Waals surface area (Å²) in [5.74, 6) is -0.109. The molecule has 17 heavy (non-hydrogen) atoms. The summed E-state index contributed by atoms with van der Waals surface area (Å²) in [5, 5.41) is 12.3. The van der Waals surface area contributed by atoms with Gasteiger partial charge in [0, 0.05) is 6.04 Å². The smallest absolute Gasteiger partial charge is 0.167 e. The van der Waals surface area contributed by atoms with E-state index in [-0.39, 0.29) is 36.9 Å². The van der Waals surface area contributed by atoms with Gasteiger partial charge in [-0.1, -0.05) is 26.0 Å². The summed E-state index contributed by atoms with van der Waals surface area (Å²) in [6, 6.07) is 5.09. The van der Waals surface area contributed by atoms with Crippen LogP contribution in [0.1, 0.15) is 19.4 Å². The van der Waals surface area contributed by atoms with Crippen molar-refractivity contribution in [1.82, 2.24) is 5.32 Å². The normalized spacial score (nSPS) is 12.8. The van der Waals surface area contributed by atoms with E-state index in [0.29, 0.717) is 5.56 Å². The van der Waals surface area contributed by atoms with Crippen molar-refractivity contribution in [2.75, 3.05) is 13.2 Å². The average Bonchev–Trinajstić information content (AvgIpc) is 2.28. The van der Waals surface area contributed by atoms with Crippen LogP contribution in [0.2, 0.25) is 0 Å². The third kappa shape index (κ3) is 4.32. The third-order valence-corrected chi connectivity index (χ3v) is 2.39. The van der Waals surface area contributed by atoms with Gasteiger partial charge in [-0.2, -0.15) is 0 Å². The standard InChI is InChI=1S/C13H20FNO2/c1-9(2)15-11(7-16)8-17-12-6-4-5-10(3)13(12)14/h4-6,9,11,15-16H,7-8H2,1-3H3. The largest absolute Gasteiger partial charge is 0.489 e. The van der Waals surface area contributed by atoms with Crippen LogP contribution < -0.4 is 10.1 Å². The summed E-state index contributed by atoms with van der Waals surface area (Å²) in [7, 11) is 0. The Balaban J connectivity index is 2.56. The molecule has 4 heteroatoms. The lowest BCUT2D eigenvalue weighted by atomic mass is 10.2. The third-order valence-electron chi connectivity index (χ3n) is 2.39. The lowest BCUT2D eigenvalue weighted by molar-refractivity contribution is 0.173. The average molecular weight is 241 g/mol. The number of aliphatic hydroxyl groups excluding tert-OH is 1. The molecule has 96 valence electrons. The lowest BCUT2D eigenvalue weighted by Gasteiger charge is -2.19. The first-order chi connectivity index (χ1) is 8.04. The molecule has 0 saturated heterocycles. The number of halogens is 1. The van der Waals surface area contributed by atoms with Gasteiger partial charge in [-0.25, -0.2) is 4.39 Å². The minimum atomic E-state index is -0.339. The molecule has 0 aliphatic rings. The Hall–Kier alpha value is -1.13. The molecule has 1 rings (SSSR count). The molecule has 1 aromatic rings.